The van der Waals surface area contributed by atoms with Gasteiger partial charge < -0.3 is 5.11 Å². The van der Waals surface area contributed by atoms with E-state index in [0.29, 0.717) is 0 Å². The summed E-state index contributed by atoms with van der Waals surface area (Å²) in [7, 11) is 0. The number of aliphatic hydroxyl groups excluding tert-OH is 1. The number of hydrogen-bond donors (Lipinski definition) is 1. The molecule has 1 saturated carbocycles. The summed E-state index contributed by atoms with van der Waals surface area (Å²) in [4.78, 5) is 0. The third-order valence-corrected chi connectivity index (χ3v) is 4.91. The summed E-state index contributed by atoms with van der Waals surface area (Å²) in [5.41, 5.74) is 2.97. The molecule has 1 aliphatic carbocycles. The Labute approximate surface area is 149 Å². The van der Waals surface area contributed by atoms with Crippen LogP contribution in [0.15, 0.2) is 54.1 Å². The van der Waals surface area contributed by atoms with E-state index in [4.69, 9.17) is 0 Å². The van der Waals surface area contributed by atoms with Crippen LogP contribution in [0.1, 0.15) is 77.7 Å². The van der Waals surface area contributed by atoms with Crippen molar-refractivity contribution < 1.29 is 5.11 Å². The van der Waals surface area contributed by atoms with E-state index in [2.05, 4.69) is 49.4 Å². The van der Waals surface area contributed by atoms with Crippen LogP contribution < -0.4 is 0 Å². The minimum atomic E-state index is 0.117. The predicted molar refractivity (Wildman–Crippen MR) is 106 cm³/mol. The lowest BCUT2D eigenvalue weighted by Crippen LogP contribution is -2.29. The first kappa shape index (κ1) is 20.7. The maximum absolute atomic E-state index is 9.22. The highest BCUT2D eigenvalue weighted by atomic mass is 16.2. The molecule has 2 rings (SSSR count). The minimum absolute atomic E-state index is 0.117. The lowest BCUT2D eigenvalue weighted by molar-refractivity contribution is 0.341. The van der Waals surface area contributed by atoms with Gasteiger partial charge in [-0.1, -0.05) is 101 Å². The Morgan fingerprint density at radius 1 is 1.00 bits per heavy atom. The summed E-state index contributed by atoms with van der Waals surface area (Å²) >= 11 is 0. The van der Waals surface area contributed by atoms with Crippen LogP contribution in [0, 0.1) is 0 Å². The fraction of sp³-hybridized carbons (Fsp3) is 0.565. The van der Waals surface area contributed by atoms with E-state index in [1.54, 1.807) is 0 Å². The van der Waals surface area contributed by atoms with Crippen LogP contribution in [0.25, 0.3) is 0 Å². The monoisotopic (exact) mass is 328 g/mol. The first-order valence-electron chi connectivity index (χ1n) is 9.87. The summed E-state index contributed by atoms with van der Waals surface area (Å²) in [5.74, 6) is 0. The van der Waals surface area contributed by atoms with Gasteiger partial charge in [0.1, 0.15) is 0 Å². The second kappa shape index (κ2) is 12.1. The van der Waals surface area contributed by atoms with Gasteiger partial charge in [-0.3, -0.25) is 0 Å². The van der Waals surface area contributed by atoms with Crippen molar-refractivity contribution in [3.63, 3.8) is 0 Å². The maximum Gasteiger partial charge on any atom is 0.0615 e. The molecule has 1 nitrogen and oxygen atoms in total. The van der Waals surface area contributed by atoms with Gasteiger partial charge in [0.15, 0.2) is 0 Å². The summed E-state index contributed by atoms with van der Waals surface area (Å²) < 4.78 is 0. The second-order valence-corrected chi connectivity index (χ2v) is 6.37. The molecule has 1 N–H and O–H groups in total. The van der Waals surface area contributed by atoms with Crippen LogP contribution in [-0.4, -0.2) is 11.7 Å². The number of hydrogen-bond acceptors (Lipinski definition) is 1. The normalized spacial score (nSPS) is 18.4. The van der Waals surface area contributed by atoms with Crippen molar-refractivity contribution in [2.45, 2.75) is 77.6 Å². The topological polar surface area (TPSA) is 20.2 Å². The van der Waals surface area contributed by atoms with Gasteiger partial charge in [-0.2, -0.15) is 0 Å². The zero-order chi connectivity index (χ0) is 17.7. The van der Waals surface area contributed by atoms with Crippen molar-refractivity contribution in [2.75, 3.05) is 6.61 Å². The Kier molecular flexibility index (Phi) is 10.4. The summed E-state index contributed by atoms with van der Waals surface area (Å²) in [5, 5.41) is 9.22. The molecular weight excluding hydrogens is 292 g/mol. The Balaban J connectivity index is 0.00000139. The fourth-order valence-electron chi connectivity index (χ4n) is 3.83. The van der Waals surface area contributed by atoms with E-state index >= 15 is 0 Å². The van der Waals surface area contributed by atoms with Crippen LogP contribution in [0.5, 0.6) is 0 Å². The van der Waals surface area contributed by atoms with Crippen molar-refractivity contribution in [1.29, 1.82) is 0 Å². The third-order valence-electron chi connectivity index (χ3n) is 4.91. The Morgan fingerprint density at radius 3 is 2.12 bits per heavy atom. The van der Waals surface area contributed by atoms with E-state index in [0.717, 1.165) is 6.42 Å². The molecule has 0 aromatic heterocycles. The van der Waals surface area contributed by atoms with E-state index in [1.807, 2.05) is 19.9 Å². The van der Waals surface area contributed by atoms with E-state index in [9.17, 15) is 5.11 Å². The first-order valence-corrected chi connectivity index (χ1v) is 9.87. The van der Waals surface area contributed by atoms with E-state index < -0.39 is 0 Å². The Hall–Kier alpha value is -1.34. The van der Waals surface area contributed by atoms with Gasteiger partial charge in [0.2, 0.25) is 0 Å². The quantitative estimate of drug-likeness (QED) is 0.605. The van der Waals surface area contributed by atoms with Crippen LogP contribution >= 0.6 is 0 Å². The second-order valence-electron chi connectivity index (χ2n) is 6.37. The lowest BCUT2D eigenvalue weighted by Gasteiger charge is -2.38. The summed E-state index contributed by atoms with van der Waals surface area (Å²) in [6, 6.07) is 11.0. The average molecular weight is 329 g/mol. The molecule has 0 atom stereocenters. The largest absolute Gasteiger partial charge is 0.392 e. The molecule has 1 aromatic rings. The fourth-order valence-corrected chi connectivity index (χ4v) is 3.83. The molecule has 1 aromatic carbocycles. The molecule has 24 heavy (non-hydrogen) atoms. The minimum Gasteiger partial charge on any atom is -0.392 e. The molecule has 134 valence electrons. The van der Waals surface area contributed by atoms with Crippen molar-refractivity contribution in [1.82, 2.24) is 0 Å². The van der Waals surface area contributed by atoms with Crippen LogP contribution in [0.4, 0.5) is 0 Å². The maximum atomic E-state index is 9.22. The molecule has 0 heterocycles. The SMILES string of the molecule is CC.CC/C=C(\C=C/CO)C1(c2ccccc2)CCCCCCC1. The van der Waals surface area contributed by atoms with Gasteiger partial charge in [-0.15, -0.1) is 0 Å². The number of allylic oxidation sites excluding steroid dienone is 3. The molecule has 0 radical (unpaired) electrons. The highest BCUT2D eigenvalue weighted by Gasteiger charge is 2.34. The molecule has 1 aliphatic rings. The van der Waals surface area contributed by atoms with Crippen molar-refractivity contribution in [3.8, 4) is 0 Å². The molecule has 0 aliphatic heterocycles. The van der Waals surface area contributed by atoms with Gasteiger partial charge >= 0.3 is 0 Å². The molecule has 0 amide bonds. The highest BCUT2D eigenvalue weighted by Crippen LogP contribution is 2.44. The van der Waals surface area contributed by atoms with Crippen molar-refractivity contribution in [3.05, 3.63) is 59.7 Å². The summed E-state index contributed by atoms with van der Waals surface area (Å²) in [6.07, 6.45) is 16.6. The van der Waals surface area contributed by atoms with E-state index in [1.165, 1.54) is 56.1 Å². The zero-order valence-electron chi connectivity index (χ0n) is 15.9. The Bertz CT molecular complexity index is 476. The summed E-state index contributed by atoms with van der Waals surface area (Å²) in [6.45, 7) is 6.32. The zero-order valence-corrected chi connectivity index (χ0v) is 15.9. The van der Waals surface area contributed by atoms with Crippen LogP contribution in [0.3, 0.4) is 0 Å². The smallest absolute Gasteiger partial charge is 0.0615 e. The van der Waals surface area contributed by atoms with Gasteiger partial charge in [0, 0.05) is 5.41 Å². The highest BCUT2D eigenvalue weighted by molar-refractivity contribution is 5.42. The number of rotatable bonds is 5. The van der Waals surface area contributed by atoms with Crippen LogP contribution in [-0.2, 0) is 5.41 Å². The van der Waals surface area contributed by atoms with Gasteiger partial charge in [-0.25, -0.2) is 0 Å². The molecule has 1 heteroatoms. The molecule has 1 fully saturated rings. The Morgan fingerprint density at radius 2 is 1.58 bits per heavy atom. The molecule has 0 spiro atoms. The molecule has 0 bridgehead atoms. The average Bonchev–Trinajstić information content (AvgIpc) is 2.62. The third kappa shape index (κ3) is 5.63. The molecule has 0 saturated heterocycles. The predicted octanol–water partition coefficient (Wildman–Crippen LogP) is 6.58. The van der Waals surface area contributed by atoms with Gasteiger partial charge in [-0.05, 0) is 30.4 Å². The van der Waals surface area contributed by atoms with Crippen LogP contribution in [0.2, 0.25) is 0 Å². The van der Waals surface area contributed by atoms with E-state index in [-0.39, 0.29) is 12.0 Å². The number of aliphatic hydroxyl groups is 1. The van der Waals surface area contributed by atoms with Gasteiger partial charge in [0.05, 0.1) is 6.61 Å². The van der Waals surface area contributed by atoms with Crippen molar-refractivity contribution in [2.24, 2.45) is 0 Å². The standard InChI is InChI=1S/C21H30O.C2H6/c1-2-12-19(15-11-18-22)21(20-13-7-6-8-14-20)16-9-4-3-5-10-17-21;1-2/h6-8,11-15,22H,2-5,9-10,16-18H2,1H3;1-2H3/b15-11-,19-12+;. The molecular formula is C23H36O. The lowest BCUT2D eigenvalue weighted by atomic mass is 9.66. The number of benzene rings is 1. The molecule has 0 unspecified atom stereocenters. The van der Waals surface area contributed by atoms with Crippen molar-refractivity contribution >= 4 is 0 Å². The van der Waals surface area contributed by atoms with Gasteiger partial charge in [0.25, 0.3) is 0 Å². The first-order chi connectivity index (χ1) is 11.8.